The average Bonchev–Trinajstić information content (AvgIpc) is 2.62. The summed E-state index contributed by atoms with van der Waals surface area (Å²) in [5, 5.41) is 0. The second-order valence-electron chi connectivity index (χ2n) is 6.77. The summed E-state index contributed by atoms with van der Waals surface area (Å²) in [5.74, 6) is 1.74. The molecule has 0 unspecified atom stereocenters. The lowest BCUT2D eigenvalue weighted by atomic mass is 9.98. The molecule has 1 aliphatic rings. The molecule has 1 fully saturated rings. The molecule has 1 saturated heterocycles. The van der Waals surface area contributed by atoms with Gasteiger partial charge in [-0.15, -0.1) is 0 Å². The van der Waals surface area contributed by atoms with Crippen LogP contribution in [0.2, 0.25) is 0 Å². The lowest BCUT2D eigenvalue weighted by Gasteiger charge is -2.30. The predicted octanol–water partition coefficient (Wildman–Crippen LogP) is 4.45. The van der Waals surface area contributed by atoms with Gasteiger partial charge < -0.3 is 9.64 Å². The van der Waals surface area contributed by atoms with Crippen LogP contribution >= 0.6 is 0 Å². The summed E-state index contributed by atoms with van der Waals surface area (Å²) in [7, 11) is 0. The summed E-state index contributed by atoms with van der Waals surface area (Å²) in [6.45, 7) is 6.57. The Balaban J connectivity index is 1.56. The standard InChI is InChI=1S/C21H25NO2/c1-16-3-9-20(10-4-16)24-15-18-5-7-19(8-6-18)21(23)22-13-11-17(2)12-14-22/h3-10,17H,11-15H2,1-2H3. The zero-order valence-corrected chi connectivity index (χ0v) is 14.5. The Labute approximate surface area is 144 Å². The average molecular weight is 323 g/mol. The van der Waals surface area contributed by atoms with Crippen LogP contribution in [0.25, 0.3) is 0 Å². The molecule has 3 nitrogen and oxygen atoms in total. The van der Waals surface area contributed by atoms with Crippen molar-refractivity contribution in [3.63, 3.8) is 0 Å². The number of aryl methyl sites for hydroxylation is 1. The van der Waals surface area contributed by atoms with Gasteiger partial charge in [0, 0.05) is 18.7 Å². The molecule has 2 aromatic rings. The number of carbonyl (C=O) groups is 1. The molecule has 0 aliphatic carbocycles. The van der Waals surface area contributed by atoms with Gasteiger partial charge in [0.25, 0.3) is 5.91 Å². The van der Waals surface area contributed by atoms with E-state index in [9.17, 15) is 4.79 Å². The van der Waals surface area contributed by atoms with Crippen LogP contribution in [0.5, 0.6) is 5.75 Å². The van der Waals surface area contributed by atoms with Gasteiger partial charge in [-0.05, 0) is 55.5 Å². The molecule has 0 aromatic heterocycles. The molecule has 1 amide bonds. The van der Waals surface area contributed by atoms with Crippen molar-refractivity contribution < 1.29 is 9.53 Å². The Bertz CT molecular complexity index is 668. The molecule has 126 valence electrons. The van der Waals surface area contributed by atoms with Crippen molar-refractivity contribution in [3.05, 3.63) is 65.2 Å². The maximum Gasteiger partial charge on any atom is 0.253 e. The van der Waals surface area contributed by atoms with E-state index in [-0.39, 0.29) is 5.91 Å². The van der Waals surface area contributed by atoms with Crippen molar-refractivity contribution in [2.75, 3.05) is 13.1 Å². The number of hydrogen-bond donors (Lipinski definition) is 0. The van der Waals surface area contributed by atoms with Gasteiger partial charge in [-0.3, -0.25) is 4.79 Å². The first-order valence-corrected chi connectivity index (χ1v) is 8.69. The van der Waals surface area contributed by atoms with E-state index >= 15 is 0 Å². The van der Waals surface area contributed by atoms with Gasteiger partial charge >= 0.3 is 0 Å². The third-order valence-corrected chi connectivity index (χ3v) is 4.70. The van der Waals surface area contributed by atoms with Gasteiger partial charge in [-0.1, -0.05) is 36.8 Å². The number of benzene rings is 2. The fraction of sp³-hybridized carbons (Fsp3) is 0.381. The molecule has 0 radical (unpaired) electrons. The smallest absolute Gasteiger partial charge is 0.253 e. The first-order valence-electron chi connectivity index (χ1n) is 8.69. The molecule has 24 heavy (non-hydrogen) atoms. The number of carbonyl (C=O) groups excluding carboxylic acids is 1. The minimum absolute atomic E-state index is 0.146. The summed E-state index contributed by atoms with van der Waals surface area (Å²) < 4.78 is 5.78. The topological polar surface area (TPSA) is 29.5 Å². The molecule has 3 heteroatoms. The van der Waals surface area contributed by atoms with E-state index in [4.69, 9.17) is 4.74 Å². The zero-order valence-electron chi connectivity index (χ0n) is 14.5. The number of ether oxygens (including phenoxy) is 1. The maximum atomic E-state index is 12.5. The number of rotatable bonds is 4. The summed E-state index contributed by atoms with van der Waals surface area (Å²) in [5.41, 5.74) is 3.06. The summed E-state index contributed by atoms with van der Waals surface area (Å²) >= 11 is 0. The molecule has 2 aromatic carbocycles. The molecule has 3 rings (SSSR count). The highest BCUT2D eigenvalue weighted by Crippen LogP contribution is 2.19. The summed E-state index contributed by atoms with van der Waals surface area (Å²) in [4.78, 5) is 14.5. The minimum atomic E-state index is 0.146. The first kappa shape index (κ1) is 16.6. The monoisotopic (exact) mass is 323 g/mol. The van der Waals surface area contributed by atoms with Crippen LogP contribution in [0.1, 0.15) is 41.3 Å². The van der Waals surface area contributed by atoms with Crippen LogP contribution in [0.15, 0.2) is 48.5 Å². The van der Waals surface area contributed by atoms with Gasteiger partial charge in [0.15, 0.2) is 0 Å². The quantitative estimate of drug-likeness (QED) is 0.832. The molecule has 0 bridgehead atoms. The lowest BCUT2D eigenvalue weighted by molar-refractivity contribution is 0.0697. The Morgan fingerprint density at radius 1 is 1.04 bits per heavy atom. The largest absolute Gasteiger partial charge is 0.489 e. The van der Waals surface area contributed by atoms with Crippen LogP contribution in [0, 0.1) is 12.8 Å². The fourth-order valence-electron chi connectivity index (χ4n) is 2.94. The Morgan fingerprint density at radius 2 is 1.67 bits per heavy atom. The van der Waals surface area contributed by atoms with Crippen LogP contribution < -0.4 is 4.74 Å². The normalized spacial score (nSPS) is 15.3. The van der Waals surface area contributed by atoms with Crippen LogP contribution in [-0.2, 0) is 6.61 Å². The Morgan fingerprint density at radius 3 is 2.29 bits per heavy atom. The molecule has 1 heterocycles. The number of hydrogen-bond acceptors (Lipinski definition) is 2. The van der Waals surface area contributed by atoms with Crippen LogP contribution in [-0.4, -0.2) is 23.9 Å². The predicted molar refractivity (Wildman–Crippen MR) is 96.3 cm³/mol. The fourth-order valence-corrected chi connectivity index (χ4v) is 2.94. The van der Waals surface area contributed by atoms with E-state index in [1.54, 1.807) is 0 Å². The molecule has 0 N–H and O–H groups in total. The number of nitrogens with zero attached hydrogens (tertiary/aromatic N) is 1. The maximum absolute atomic E-state index is 12.5. The van der Waals surface area contributed by atoms with E-state index in [2.05, 4.69) is 13.8 Å². The second-order valence-corrected chi connectivity index (χ2v) is 6.77. The third kappa shape index (κ3) is 4.16. The van der Waals surface area contributed by atoms with E-state index in [0.29, 0.717) is 6.61 Å². The van der Waals surface area contributed by atoms with Crippen LogP contribution in [0.4, 0.5) is 0 Å². The Hall–Kier alpha value is -2.29. The number of likely N-dealkylation sites (tertiary alicyclic amines) is 1. The molecular formula is C21H25NO2. The second kappa shape index (κ2) is 7.52. The highest BCUT2D eigenvalue weighted by atomic mass is 16.5. The van der Waals surface area contributed by atoms with Crippen molar-refractivity contribution >= 4 is 5.91 Å². The van der Waals surface area contributed by atoms with Crippen molar-refractivity contribution in [1.29, 1.82) is 0 Å². The first-order chi connectivity index (χ1) is 11.6. The minimum Gasteiger partial charge on any atom is -0.489 e. The van der Waals surface area contributed by atoms with Crippen molar-refractivity contribution in [1.82, 2.24) is 4.90 Å². The van der Waals surface area contributed by atoms with Crippen molar-refractivity contribution in [2.24, 2.45) is 5.92 Å². The number of piperidine rings is 1. The highest BCUT2D eigenvalue weighted by molar-refractivity contribution is 5.94. The SMILES string of the molecule is Cc1ccc(OCc2ccc(C(=O)N3CCC(C)CC3)cc2)cc1. The molecular weight excluding hydrogens is 298 g/mol. The zero-order chi connectivity index (χ0) is 16.9. The van der Waals surface area contributed by atoms with Crippen molar-refractivity contribution in [2.45, 2.75) is 33.3 Å². The number of amides is 1. The van der Waals surface area contributed by atoms with Crippen molar-refractivity contribution in [3.8, 4) is 5.75 Å². The third-order valence-electron chi connectivity index (χ3n) is 4.70. The van der Waals surface area contributed by atoms with Gasteiger partial charge in [-0.25, -0.2) is 0 Å². The van der Waals surface area contributed by atoms with E-state index in [1.807, 2.05) is 53.4 Å². The van der Waals surface area contributed by atoms with E-state index in [1.165, 1.54) is 5.56 Å². The van der Waals surface area contributed by atoms with Gasteiger partial charge in [0.2, 0.25) is 0 Å². The summed E-state index contributed by atoms with van der Waals surface area (Å²) in [6.07, 6.45) is 2.21. The summed E-state index contributed by atoms with van der Waals surface area (Å²) in [6, 6.07) is 15.8. The van der Waals surface area contributed by atoms with Crippen LogP contribution in [0.3, 0.4) is 0 Å². The van der Waals surface area contributed by atoms with Gasteiger partial charge in [-0.2, -0.15) is 0 Å². The van der Waals surface area contributed by atoms with E-state index in [0.717, 1.165) is 48.7 Å². The molecule has 0 spiro atoms. The Kier molecular flexibility index (Phi) is 5.19. The van der Waals surface area contributed by atoms with Gasteiger partial charge in [0.05, 0.1) is 0 Å². The molecule has 0 saturated carbocycles. The highest BCUT2D eigenvalue weighted by Gasteiger charge is 2.21. The van der Waals surface area contributed by atoms with Gasteiger partial charge in [0.1, 0.15) is 12.4 Å². The molecule has 1 aliphatic heterocycles. The molecule has 0 atom stereocenters. The lowest BCUT2D eigenvalue weighted by Crippen LogP contribution is -2.37. The van der Waals surface area contributed by atoms with E-state index < -0.39 is 0 Å².